The second-order valence-electron chi connectivity index (χ2n) is 10.4. The Balaban J connectivity index is 1.39. The van der Waals surface area contributed by atoms with E-state index in [4.69, 9.17) is 15.2 Å². The predicted octanol–water partition coefficient (Wildman–Crippen LogP) is 5.64. The number of nitrogens with one attached hydrogen (secondary N) is 1. The number of benzene rings is 3. The van der Waals surface area contributed by atoms with Gasteiger partial charge in [0.2, 0.25) is 5.88 Å². The lowest BCUT2D eigenvalue weighted by Crippen LogP contribution is -2.36. The molecular formula is C33H28F2N6O3S. The van der Waals surface area contributed by atoms with Crippen LogP contribution in [0.5, 0.6) is 5.88 Å². The molecule has 0 radical (unpaired) electrons. The highest BCUT2D eigenvalue weighted by Crippen LogP contribution is 2.37. The lowest BCUT2D eigenvalue weighted by atomic mass is 9.95. The van der Waals surface area contributed by atoms with E-state index in [1.54, 1.807) is 30.5 Å². The van der Waals surface area contributed by atoms with Crippen LogP contribution in [-0.4, -0.2) is 53.5 Å². The Hall–Kier alpha value is -5.25. The van der Waals surface area contributed by atoms with Gasteiger partial charge in [-0.1, -0.05) is 18.2 Å². The summed E-state index contributed by atoms with van der Waals surface area (Å²) >= 11 is 0. The first-order chi connectivity index (χ1) is 21.7. The molecule has 5 aromatic rings. The van der Waals surface area contributed by atoms with Crippen molar-refractivity contribution in [1.29, 1.82) is 5.26 Å². The first kappa shape index (κ1) is 29.8. The van der Waals surface area contributed by atoms with Crippen LogP contribution < -0.4 is 20.1 Å². The first-order valence-corrected chi connectivity index (χ1v) is 15.6. The molecule has 1 fully saturated rings. The zero-order valence-electron chi connectivity index (χ0n) is 24.2. The number of anilines is 3. The quantitative estimate of drug-likeness (QED) is 0.222. The van der Waals surface area contributed by atoms with Crippen molar-refractivity contribution < 1.29 is 22.5 Å². The van der Waals surface area contributed by atoms with E-state index in [1.165, 1.54) is 7.11 Å². The summed E-state index contributed by atoms with van der Waals surface area (Å²) in [6.45, 7) is 2.95. The van der Waals surface area contributed by atoms with Crippen molar-refractivity contribution in [2.75, 3.05) is 48.8 Å². The van der Waals surface area contributed by atoms with Gasteiger partial charge in [-0.25, -0.2) is 23.0 Å². The molecule has 0 saturated carbocycles. The summed E-state index contributed by atoms with van der Waals surface area (Å²) in [4.78, 5) is 10.9. The van der Waals surface area contributed by atoms with Crippen LogP contribution >= 0.6 is 0 Å². The molecule has 3 N–H and O–H groups in total. The number of rotatable bonds is 7. The van der Waals surface area contributed by atoms with Crippen LogP contribution in [0.25, 0.3) is 33.2 Å². The van der Waals surface area contributed by atoms with Gasteiger partial charge >= 0.3 is 0 Å². The van der Waals surface area contributed by atoms with E-state index < -0.39 is 21.3 Å². The van der Waals surface area contributed by atoms with Gasteiger partial charge in [0.25, 0.3) is 0 Å². The van der Waals surface area contributed by atoms with Gasteiger partial charge in [0.1, 0.15) is 29.2 Å². The van der Waals surface area contributed by atoms with Gasteiger partial charge in [0.05, 0.1) is 46.0 Å². The maximum absolute atomic E-state index is 14.5. The van der Waals surface area contributed by atoms with Gasteiger partial charge in [0.15, 0.2) is 0 Å². The van der Waals surface area contributed by atoms with Crippen molar-refractivity contribution in [3.63, 3.8) is 0 Å². The topological polar surface area (TPSA) is 126 Å². The fourth-order valence-corrected chi connectivity index (χ4v) is 6.62. The van der Waals surface area contributed by atoms with E-state index in [-0.39, 0.29) is 22.3 Å². The number of pyridine rings is 2. The van der Waals surface area contributed by atoms with Crippen molar-refractivity contribution >= 4 is 43.7 Å². The molecule has 45 heavy (non-hydrogen) atoms. The second-order valence-corrected chi connectivity index (χ2v) is 12.4. The molecule has 1 unspecified atom stereocenters. The standard InChI is InChI=1S/C33H28F2N6O3S/c1-43-33-29(40-45(2,42)30-10-6-23(34)17-27(30)35)16-22(19-38-33)21-5-9-28-25(15-21)26(18-36)31(32(37)39-28)20-3-7-24(8-4-20)41-11-13-44-14-12-41/h3-10,15-17,19H,2,11-14H2,1H3,(H2,37,39)(H,40,42). The van der Waals surface area contributed by atoms with Crippen LogP contribution in [0.4, 0.5) is 26.0 Å². The van der Waals surface area contributed by atoms with Crippen molar-refractivity contribution in [1.82, 2.24) is 9.97 Å². The first-order valence-electron chi connectivity index (χ1n) is 13.9. The Morgan fingerprint density at radius 3 is 2.47 bits per heavy atom. The minimum atomic E-state index is -3.48. The summed E-state index contributed by atoms with van der Waals surface area (Å²) in [6.07, 6.45) is 1.55. The zero-order chi connectivity index (χ0) is 31.7. The lowest BCUT2D eigenvalue weighted by Gasteiger charge is -2.29. The summed E-state index contributed by atoms with van der Waals surface area (Å²) in [5.74, 6) is 2.18. The number of hydrogen-bond acceptors (Lipinski definition) is 8. The van der Waals surface area contributed by atoms with E-state index in [9.17, 15) is 18.3 Å². The number of ether oxygens (including phenoxy) is 2. The number of morpholine rings is 1. The predicted molar refractivity (Wildman–Crippen MR) is 173 cm³/mol. The van der Waals surface area contributed by atoms with Crippen LogP contribution in [0.1, 0.15) is 5.56 Å². The molecule has 2 aromatic heterocycles. The summed E-state index contributed by atoms with van der Waals surface area (Å²) in [6, 6.07) is 19.9. The molecule has 3 aromatic carbocycles. The average Bonchev–Trinajstić information content (AvgIpc) is 3.04. The van der Waals surface area contributed by atoms with Gasteiger partial charge < -0.3 is 24.8 Å². The van der Waals surface area contributed by atoms with Crippen LogP contribution in [0, 0.1) is 23.0 Å². The minimum Gasteiger partial charge on any atom is -0.480 e. The molecule has 0 bridgehead atoms. The summed E-state index contributed by atoms with van der Waals surface area (Å²) in [5, 5.41) is 10.9. The number of nitrogen functional groups attached to an aromatic ring is 1. The number of fused-ring (bicyclic) bond motifs is 1. The van der Waals surface area contributed by atoms with Crippen molar-refractivity contribution in [2.24, 2.45) is 0 Å². The second kappa shape index (κ2) is 12.0. The highest BCUT2D eigenvalue weighted by atomic mass is 32.2. The molecule has 0 aliphatic carbocycles. The van der Waals surface area contributed by atoms with Crippen LogP contribution in [0.15, 0.2) is 77.8 Å². The number of nitrogens with zero attached hydrogens (tertiary/aromatic N) is 4. The third-order valence-electron chi connectivity index (χ3n) is 7.56. The monoisotopic (exact) mass is 626 g/mol. The Morgan fingerprint density at radius 2 is 1.78 bits per heavy atom. The zero-order valence-corrected chi connectivity index (χ0v) is 25.0. The molecule has 9 nitrogen and oxygen atoms in total. The van der Waals surface area contributed by atoms with Crippen LogP contribution in [0.3, 0.4) is 0 Å². The van der Waals surface area contributed by atoms with Crippen LogP contribution in [-0.2, 0) is 14.4 Å². The molecule has 0 amide bonds. The molecule has 1 saturated heterocycles. The highest BCUT2D eigenvalue weighted by molar-refractivity contribution is 8.01. The molecule has 1 atom stereocenters. The Morgan fingerprint density at radius 1 is 1.04 bits per heavy atom. The molecule has 3 heterocycles. The maximum atomic E-state index is 14.5. The minimum absolute atomic E-state index is 0.0911. The molecule has 228 valence electrons. The number of hydrogen-bond donors (Lipinski definition) is 2. The van der Waals surface area contributed by atoms with Crippen molar-refractivity contribution in [2.45, 2.75) is 4.90 Å². The molecule has 12 heteroatoms. The van der Waals surface area contributed by atoms with Gasteiger partial charge in [-0.3, -0.25) is 0 Å². The molecule has 1 aliphatic rings. The van der Waals surface area contributed by atoms with E-state index in [0.29, 0.717) is 52.4 Å². The van der Waals surface area contributed by atoms with Crippen molar-refractivity contribution in [3.8, 4) is 34.2 Å². The molecular weight excluding hydrogens is 598 g/mol. The third kappa shape index (κ3) is 5.83. The number of halogens is 2. The van der Waals surface area contributed by atoms with Gasteiger partial charge in [-0.05, 0) is 59.5 Å². The molecule has 0 spiro atoms. The molecule has 6 rings (SSSR count). The van der Waals surface area contributed by atoms with E-state index in [2.05, 4.69) is 31.5 Å². The largest absolute Gasteiger partial charge is 0.480 e. The fraction of sp³-hybridized carbons (Fsp3) is 0.152. The number of nitrogens with two attached hydrogens (primary N) is 1. The van der Waals surface area contributed by atoms with Crippen molar-refractivity contribution in [3.05, 3.63) is 90.1 Å². The number of nitriles is 1. The highest BCUT2D eigenvalue weighted by Gasteiger charge is 2.20. The summed E-state index contributed by atoms with van der Waals surface area (Å²) < 4.78 is 54.9. The van der Waals surface area contributed by atoms with Gasteiger partial charge in [-0.15, -0.1) is 0 Å². The third-order valence-corrected chi connectivity index (χ3v) is 9.15. The van der Waals surface area contributed by atoms with Gasteiger partial charge in [-0.2, -0.15) is 5.26 Å². The smallest absolute Gasteiger partial charge is 0.238 e. The van der Waals surface area contributed by atoms with E-state index in [1.807, 2.05) is 24.3 Å². The average molecular weight is 627 g/mol. The Kier molecular flexibility index (Phi) is 7.97. The SMILES string of the molecule is C=S(=O)(Nc1cc(-c2ccc3nc(N)c(-c4ccc(N5CCOCC5)cc4)c(C#N)c3c2)cnc1OC)c1ccc(F)cc1F. The number of methoxy groups -OCH3 is 1. The summed E-state index contributed by atoms with van der Waals surface area (Å²) in [5.41, 5.74) is 11.1. The fourth-order valence-electron chi connectivity index (χ4n) is 5.35. The number of aromatic nitrogens is 2. The van der Waals surface area contributed by atoms with E-state index >= 15 is 0 Å². The lowest BCUT2D eigenvalue weighted by molar-refractivity contribution is 0.122. The summed E-state index contributed by atoms with van der Waals surface area (Å²) in [7, 11) is -2.09. The Bertz CT molecular complexity index is 2080. The van der Waals surface area contributed by atoms with Gasteiger partial charge in [0, 0.05) is 47.6 Å². The maximum Gasteiger partial charge on any atom is 0.238 e. The van der Waals surface area contributed by atoms with Crippen LogP contribution in [0.2, 0.25) is 0 Å². The Labute approximate surface area is 259 Å². The normalized spacial score (nSPS) is 14.5. The van der Waals surface area contributed by atoms with E-state index in [0.717, 1.165) is 36.5 Å². The molecule has 1 aliphatic heterocycles.